The first-order valence-corrected chi connectivity index (χ1v) is 4.46. The van der Waals surface area contributed by atoms with E-state index in [2.05, 4.69) is 5.32 Å². The van der Waals surface area contributed by atoms with Crippen molar-refractivity contribution in [1.29, 1.82) is 0 Å². The Bertz CT molecular complexity index is 237. The zero-order chi connectivity index (χ0) is 8.72. The van der Waals surface area contributed by atoms with Gasteiger partial charge in [0.05, 0.1) is 0 Å². The molecule has 0 aromatic rings. The summed E-state index contributed by atoms with van der Waals surface area (Å²) in [6.45, 7) is 0. The predicted molar refractivity (Wildman–Crippen MR) is 43.4 cm³/mol. The summed E-state index contributed by atoms with van der Waals surface area (Å²) in [5.74, 6) is 0.899. The number of carbonyl (C=O) groups excluding carboxylic acids is 2. The predicted octanol–water partition coefficient (Wildman–Crippen LogP) is 0.348. The minimum Gasteiger partial charge on any atom is -0.359 e. The average molecular weight is 167 g/mol. The highest BCUT2D eigenvalue weighted by Crippen LogP contribution is 2.46. The first-order valence-electron chi connectivity index (χ1n) is 4.46. The van der Waals surface area contributed by atoms with Gasteiger partial charge in [-0.25, -0.2) is 0 Å². The van der Waals surface area contributed by atoms with Crippen LogP contribution in [0.25, 0.3) is 0 Å². The fraction of sp³-hybridized carbons (Fsp3) is 0.778. The maximum absolute atomic E-state index is 11.3. The Kier molecular flexibility index (Phi) is 1.67. The van der Waals surface area contributed by atoms with Gasteiger partial charge in [-0.15, -0.1) is 0 Å². The highest BCUT2D eigenvalue weighted by molar-refractivity contribution is 5.91. The Morgan fingerprint density at radius 3 is 2.75 bits per heavy atom. The van der Waals surface area contributed by atoms with E-state index in [9.17, 15) is 9.59 Å². The number of rotatable bonds is 1. The van der Waals surface area contributed by atoms with Crippen molar-refractivity contribution in [1.82, 2.24) is 5.32 Å². The Morgan fingerprint density at radius 2 is 2.25 bits per heavy atom. The van der Waals surface area contributed by atoms with Gasteiger partial charge in [0.1, 0.15) is 5.78 Å². The summed E-state index contributed by atoms with van der Waals surface area (Å²) in [5, 5.41) is 2.62. The van der Waals surface area contributed by atoms with Crippen LogP contribution in [0.3, 0.4) is 0 Å². The second-order valence-corrected chi connectivity index (χ2v) is 3.84. The molecule has 0 aliphatic heterocycles. The van der Waals surface area contributed by atoms with Crippen LogP contribution in [0, 0.1) is 17.8 Å². The van der Waals surface area contributed by atoms with Crippen LogP contribution in [0.15, 0.2) is 0 Å². The molecule has 1 N–H and O–H groups in total. The summed E-state index contributed by atoms with van der Waals surface area (Å²) >= 11 is 0. The van der Waals surface area contributed by atoms with Crippen LogP contribution >= 0.6 is 0 Å². The van der Waals surface area contributed by atoms with Crippen LogP contribution in [0.1, 0.15) is 19.3 Å². The van der Waals surface area contributed by atoms with Crippen molar-refractivity contribution in [2.45, 2.75) is 19.3 Å². The lowest BCUT2D eigenvalue weighted by atomic mass is 9.87. The minimum absolute atomic E-state index is 0.0127. The van der Waals surface area contributed by atoms with Gasteiger partial charge in [-0.3, -0.25) is 9.59 Å². The minimum atomic E-state index is -0.0127. The van der Waals surface area contributed by atoms with Crippen molar-refractivity contribution in [3.63, 3.8) is 0 Å². The normalized spacial score (nSPS) is 38.8. The van der Waals surface area contributed by atoms with E-state index >= 15 is 0 Å². The third-order valence-electron chi connectivity index (χ3n) is 3.15. The molecule has 2 fully saturated rings. The fourth-order valence-corrected chi connectivity index (χ4v) is 2.58. The lowest BCUT2D eigenvalue weighted by Crippen LogP contribution is -2.34. The molecule has 0 unspecified atom stereocenters. The molecule has 0 aromatic heterocycles. The van der Waals surface area contributed by atoms with Crippen molar-refractivity contribution < 1.29 is 9.59 Å². The van der Waals surface area contributed by atoms with Crippen LogP contribution in [0.5, 0.6) is 0 Å². The molecule has 2 rings (SSSR count). The third kappa shape index (κ3) is 0.958. The molecule has 2 bridgehead atoms. The molecule has 3 nitrogen and oxygen atoms in total. The molecule has 3 heteroatoms. The van der Waals surface area contributed by atoms with E-state index < -0.39 is 0 Å². The molecule has 0 heterocycles. The van der Waals surface area contributed by atoms with Crippen LogP contribution < -0.4 is 5.32 Å². The molecule has 2 aliphatic carbocycles. The second-order valence-electron chi connectivity index (χ2n) is 3.84. The summed E-state index contributed by atoms with van der Waals surface area (Å²) in [6.07, 6.45) is 2.60. The van der Waals surface area contributed by atoms with Crippen LogP contribution in [-0.2, 0) is 9.59 Å². The van der Waals surface area contributed by atoms with E-state index in [0.717, 1.165) is 19.3 Å². The van der Waals surface area contributed by atoms with E-state index in [1.165, 1.54) is 0 Å². The van der Waals surface area contributed by atoms with Crippen LogP contribution in [-0.4, -0.2) is 18.7 Å². The molecule has 3 atom stereocenters. The molecular formula is C9H13NO2. The van der Waals surface area contributed by atoms with Gasteiger partial charge in [-0.05, 0) is 18.8 Å². The topological polar surface area (TPSA) is 46.2 Å². The Hall–Kier alpha value is -0.860. The number of Topliss-reactive ketones (excluding diaryl/α,β-unsaturated/α-hetero) is 1. The van der Waals surface area contributed by atoms with Crippen LogP contribution in [0.4, 0.5) is 0 Å². The highest BCUT2D eigenvalue weighted by atomic mass is 16.2. The maximum Gasteiger partial charge on any atom is 0.223 e. The van der Waals surface area contributed by atoms with Crippen molar-refractivity contribution >= 4 is 11.7 Å². The molecular weight excluding hydrogens is 154 g/mol. The highest BCUT2D eigenvalue weighted by Gasteiger charge is 2.48. The fourth-order valence-electron chi connectivity index (χ4n) is 2.58. The van der Waals surface area contributed by atoms with Gasteiger partial charge in [-0.1, -0.05) is 0 Å². The third-order valence-corrected chi connectivity index (χ3v) is 3.15. The number of ketones is 1. The lowest BCUT2D eigenvalue weighted by molar-refractivity contribution is -0.132. The number of amides is 1. The molecule has 1 amide bonds. The SMILES string of the molecule is CNC(=O)[C@H]1C[C@H]2CC(=O)[C@@H]1C2. The van der Waals surface area contributed by atoms with Crippen molar-refractivity contribution in [2.75, 3.05) is 7.05 Å². The number of nitrogens with one attached hydrogen (secondary N) is 1. The van der Waals surface area contributed by atoms with Gasteiger partial charge in [0.2, 0.25) is 5.91 Å². The van der Waals surface area contributed by atoms with Gasteiger partial charge >= 0.3 is 0 Å². The van der Waals surface area contributed by atoms with Crippen molar-refractivity contribution in [3.8, 4) is 0 Å². The molecule has 0 saturated heterocycles. The quantitative estimate of drug-likeness (QED) is 0.612. The van der Waals surface area contributed by atoms with E-state index in [-0.39, 0.29) is 17.7 Å². The molecule has 66 valence electrons. The first kappa shape index (κ1) is 7.77. The van der Waals surface area contributed by atoms with Crippen molar-refractivity contribution in [2.24, 2.45) is 17.8 Å². The molecule has 0 radical (unpaired) electrons. The standard InChI is InChI=1S/C9H13NO2/c1-10-9(12)7-3-5-2-6(7)8(11)4-5/h5-7H,2-4H2,1H3,(H,10,12)/t5-,6+,7-/m0/s1. The summed E-state index contributed by atoms with van der Waals surface area (Å²) < 4.78 is 0. The smallest absolute Gasteiger partial charge is 0.223 e. The summed E-state index contributed by atoms with van der Waals surface area (Å²) in [5.41, 5.74) is 0. The van der Waals surface area contributed by atoms with Gasteiger partial charge in [0, 0.05) is 25.3 Å². The Morgan fingerprint density at radius 1 is 1.50 bits per heavy atom. The zero-order valence-electron chi connectivity index (χ0n) is 7.17. The van der Waals surface area contributed by atoms with E-state index in [4.69, 9.17) is 0 Å². The van der Waals surface area contributed by atoms with Gasteiger partial charge in [0.25, 0.3) is 0 Å². The van der Waals surface area contributed by atoms with Gasteiger partial charge in [0.15, 0.2) is 0 Å². The molecule has 2 aliphatic rings. The van der Waals surface area contributed by atoms with E-state index in [1.54, 1.807) is 7.05 Å². The number of fused-ring (bicyclic) bond motifs is 2. The molecule has 0 aromatic carbocycles. The monoisotopic (exact) mass is 167 g/mol. The van der Waals surface area contributed by atoms with Crippen LogP contribution in [0.2, 0.25) is 0 Å². The van der Waals surface area contributed by atoms with E-state index in [1.807, 2.05) is 0 Å². The first-order chi connectivity index (χ1) is 5.72. The molecule has 12 heavy (non-hydrogen) atoms. The zero-order valence-corrected chi connectivity index (χ0v) is 7.17. The summed E-state index contributed by atoms with van der Waals surface area (Å²) in [4.78, 5) is 22.6. The largest absolute Gasteiger partial charge is 0.359 e. The maximum atomic E-state index is 11.3. The summed E-state index contributed by atoms with van der Waals surface area (Å²) in [6, 6.07) is 0. The number of hydrogen-bond donors (Lipinski definition) is 1. The molecule has 0 spiro atoms. The average Bonchev–Trinajstić information content (AvgIpc) is 2.60. The van der Waals surface area contributed by atoms with Crippen molar-refractivity contribution in [3.05, 3.63) is 0 Å². The number of hydrogen-bond acceptors (Lipinski definition) is 2. The van der Waals surface area contributed by atoms with Gasteiger partial charge in [-0.2, -0.15) is 0 Å². The second kappa shape index (κ2) is 2.57. The Balaban J connectivity index is 2.12. The van der Waals surface area contributed by atoms with E-state index in [0.29, 0.717) is 11.7 Å². The summed E-state index contributed by atoms with van der Waals surface area (Å²) in [7, 11) is 1.64. The lowest BCUT2D eigenvalue weighted by Gasteiger charge is -2.18. The molecule has 2 saturated carbocycles. The Labute approximate surface area is 71.5 Å². The van der Waals surface area contributed by atoms with Gasteiger partial charge < -0.3 is 5.32 Å². The number of carbonyl (C=O) groups is 2.